The summed E-state index contributed by atoms with van der Waals surface area (Å²) in [6.45, 7) is 4.03. The van der Waals surface area contributed by atoms with Crippen molar-refractivity contribution >= 4 is 5.97 Å². The predicted molar refractivity (Wildman–Crippen MR) is 67.0 cm³/mol. The predicted octanol–water partition coefficient (Wildman–Crippen LogP) is 2.24. The average molecular weight is 233 g/mol. The first-order valence-corrected chi connectivity index (χ1v) is 6.02. The fourth-order valence-corrected chi connectivity index (χ4v) is 1.95. The molecule has 92 valence electrons. The van der Waals surface area contributed by atoms with Gasteiger partial charge in [-0.15, -0.1) is 0 Å². The van der Waals surface area contributed by atoms with E-state index in [2.05, 4.69) is 17.4 Å². The number of rotatable bonds is 5. The third-order valence-corrected chi connectivity index (χ3v) is 3.40. The van der Waals surface area contributed by atoms with E-state index in [-0.39, 0.29) is 0 Å². The van der Waals surface area contributed by atoms with Gasteiger partial charge in [-0.3, -0.25) is 4.79 Å². The van der Waals surface area contributed by atoms with Crippen molar-refractivity contribution in [3.8, 4) is 0 Å². The molecule has 0 saturated heterocycles. The van der Waals surface area contributed by atoms with Gasteiger partial charge in [0.25, 0.3) is 0 Å². The number of carboxylic acid groups (broad SMARTS) is 1. The summed E-state index contributed by atoms with van der Waals surface area (Å²) in [7, 11) is 0. The number of aliphatic carboxylic acids is 1. The van der Waals surface area contributed by atoms with Crippen molar-refractivity contribution in [1.82, 2.24) is 5.32 Å². The third-order valence-electron chi connectivity index (χ3n) is 3.40. The highest BCUT2D eigenvalue weighted by molar-refractivity contribution is 5.73. The van der Waals surface area contributed by atoms with Gasteiger partial charge in [-0.05, 0) is 25.8 Å². The molecule has 1 fully saturated rings. The zero-order valence-corrected chi connectivity index (χ0v) is 10.3. The highest BCUT2D eigenvalue weighted by Gasteiger charge is 2.39. The molecule has 0 aromatic heterocycles. The van der Waals surface area contributed by atoms with Crippen molar-refractivity contribution in [2.24, 2.45) is 5.41 Å². The summed E-state index contributed by atoms with van der Waals surface area (Å²) in [5.41, 5.74) is 0.655. The Morgan fingerprint density at radius 3 is 2.65 bits per heavy atom. The molecule has 1 aliphatic carbocycles. The molecule has 2 atom stereocenters. The first kappa shape index (κ1) is 12.1. The minimum Gasteiger partial charge on any atom is -0.481 e. The monoisotopic (exact) mass is 233 g/mol. The number of hydrogen-bond donors (Lipinski definition) is 2. The van der Waals surface area contributed by atoms with E-state index in [0.29, 0.717) is 18.5 Å². The van der Waals surface area contributed by atoms with Crippen molar-refractivity contribution in [2.45, 2.75) is 32.2 Å². The minimum absolute atomic E-state index is 0.441. The van der Waals surface area contributed by atoms with E-state index in [4.69, 9.17) is 5.11 Å². The van der Waals surface area contributed by atoms with Crippen LogP contribution in [0, 0.1) is 5.41 Å². The van der Waals surface area contributed by atoms with E-state index in [0.717, 1.165) is 6.42 Å². The number of hydrogen-bond acceptors (Lipinski definition) is 2. The van der Waals surface area contributed by atoms with Gasteiger partial charge in [-0.1, -0.05) is 30.3 Å². The molecule has 3 nitrogen and oxygen atoms in total. The second-order valence-corrected chi connectivity index (χ2v) is 5.43. The van der Waals surface area contributed by atoms with Gasteiger partial charge in [-0.25, -0.2) is 0 Å². The van der Waals surface area contributed by atoms with Gasteiger partial charge in [0.05, 0.1) is 5.41 Å². The Balaban J connectivity index is 1.83. The van der Waals surface area contributed by atoms with Crippen molar-refractivity contribution in [3.05, 3.63) is 35.9 Å². The Morgan fingerprint density at radius 1 is 1.41 bits per heavy atom. The van der Waals surface area contributed by atoms with Crippen LogP contribution < -0.4 is 5.32 Å². The smallest absolute Gasteiger partial charge is 0.310 e. The third kappa shape index (κ3) is 2.86. The Morgan fingerprint density at radius 2 is 2.06 bits per heavy atom. The maximum atomic E-state index is 11.0. The molecule has 1 aromatic carbocycles. The molecule has 0 radical (unpaired) electrons. The fourth-order valence-electron chi connectivity index (χ4n) is 1.95. The standard InChI is InChI=1S/C14H19NO2/c1-14(2,13(16)17)9-15-12-8-11(12)10-6-4-3-5-7-10/h3-7,11-12,15H,8-9H2,1-2H3,(H,16,17). The lowest BCUT2D eigenvalue weighted by atomic mass is 9.94. The summed E-state index contributed by atoms with van der Waals surface area (Å²) < 4.78 is 0. The second kappa shape index (κ2) is 4.49. The number of carbonyl (C=O) groups is 1. The molecule has 3 heteroatoms. The Bertz CT molecular complexity index is 400. The van der Waals surface area contributed by atoms with E-state index in [1.807, 2.05) is 18.2 Å². The van der Waals surface area contributed by atoms with E-state index in [1.54, 1.807) is 13.8 Å². The van der Waals surface area contributed by atoms with E-state index in [9.17, 15) is 4.79 Å². The maximum absolute atomic E-state index is 11.0. The number of benzene rings is 1. The lowest BCUT2D eigenvalue weighted by Gasteiger charge is -2.19. The van der Waals surface area contributed by atoms with Crippen LogP contribution in [0.2, 0.25) is 0 Å². The van der Waals surface area contributed by atoms with Gasteiger partial charge in [-0.2, -0.15) is 0 Å². The van der Waals surface area contributed by atoms with Gasteiger partial charge in [0.2, 0.25) is 0 Å². The molecule has 1 aliphatic rings. The van der Waals surface area contributed by atoms with E-state index >= 15 is 0 Å². The molecule has 2 unspecified atom stereocenters. The fraction of sp³-hybridized carbons (Fsp3) is 0.500. The van der Waals surface area contributed by atoms with E-state index in [1.165, 1.54) is 5.56 Å². The molecule has 17 heavy (non-hydrogen) atoms. The molecule has 1 aromatic rings. The summed E-state index contributed by atoms with van der Waals surface area (Å²) in [6.07, 6.45) is 1.11. The molecular weight excluding hydrogens is 214 g/mol. The van der Waals surface area contributed by atoms with Crippen LogP contribution >= 0.6 is 0 Å². The number of carboxylic acids is 1. The summed E-state index contributed by atoms with van der Waals surface area (Å²) in [5, 5.41) is 12.4. The van der Waals surface area contributed by atoms with Gasteiger partial charge in [0.15, 0.2) is 0 Å². The average Bonchev–Trinajstić information content (AvgIpc) is 3.07. The lowest BCUT2D eigenvalue weighted by Crippen LogP contribution is -2.37. The topological polar surface area (TPSA) is 49.3 Å². The molecule has 2 rings (SSSR count). The van der Waals surface area contributed by atoms with Crippen LogP contribution in [0.15, 0.2) is 30.3 Å². The second-order valence-electron chi connectivity index (χ2n) is 5.43. The largest absolute Gasteiger partial charge is 0.481 e. The van der Waals surface area contributed by atoms with Crippen LogP contribution in [0.25, 0.3) is 0 Å². The molecule has 0 spiro atoms. The quantitative estimate of drug-likeness (QED) is 0.820. The summed E-state index contributed by atoms with van der Waals surface area (Å²) in [4.78, 5) is 11.0. The van der Waals surface area contributed by atoms with Gasteiger partial charge in [0, 0.05) is 18.5 Å². The summed E-state index contributed by atoms with van der Waals surface area (Å²) in [6, 6.07) is 10.8. The van der Waals surface area contributed by atoms with E-state index < -0.39 is 11.4 Å². The highest BCUT2D eigenvalue weighted by Crippen LogP contribution is 2.40. The van der Waals surface area contributed by atoms with Crippen molar-refractivity contribution in [2.75, 3.05) is 6.54 Å². The van der Waals surface area contributed by atoms with Crippen molar-refractivity contribution in [3.63, 3.8) is 0 Å². The van der Waals surface area contributed by atoms with Crippen LogP contribution in [0.5, 0.6) is 0 Å². The molecule has 0 aliphatic heterocycles. The molecule has 0 amide bonds. The molecule has 0 bridgehead atoms. The normalized spacial score (nSPS) is 23.4. The maximum Gasteiger partial charge on any atom is 0.310 e. The van der Waals surface area contributed by atoms with Crippen LogP contribution in [0.3, 0.4) is 0 Å². The van der Waals surface area contributed by atoms with Crippen molar-refractivity contribution in [1.29, 1.82) is 0 Å². The van der Waals surface area contributed by atoms with Gasteiger partial charge in [0.1, 0.15) is 0 Å². The zero-order valence-electron chi connectivity index (χ0n) is 10.3. The lowest BCUT2D eigenvalue weighted by molar-refractivity contribution is -0.146. The van der Waals surface area contributed by atoms with Crippen LogP contribution in [0.4, 0.5) is 0 Å². The zero-order chi connectivity index (χ0) is 12.5. The Labute approximate surface area is 102 Å². The first-order valence-electron chi connectivity index (χ1n) is 6.02. The minimum atomic E-state index is -0.748. The first-order chi connectivity index (χ1) is 8.00. The van der Waals surface area contributed by atoms with Crippen LogP contribution in [0.1, 0.15) is 31.7 Å². The van der Waals surface area contributed by atoms with Gasteiger partial charge < -0.3 is 10.4 Å². The summed E-state index contributed by atoms with van der Waals surface area (Å²) >= 11 is 0. The van der Waals surface area contributed by atoms with Gasteiger partial charge >= 0.3 is 5.97 Å². The SMILES string of the molecule is CC(C)(CNC1CC1c1ccccc1)C(=O)O. The summed E-state index contributed by atoms with van der Waals surface area (Å²) in [5.74, 6) is -0.192. The molecule has 0 heterocycles. The molecular formula is C14H19NO2. The molecule has 1 saturated carbocycles. The number of nitrogens with one attached hydrogen (secondary N) is 1. The highest BCUT2D eigenvalue weighted by atomic mass is 16.4. The Kier molecular flexibility index (Phi) is 3.20. The molecule has 2 N–H and O–H groups in total. The van der Waals surface area contributed by atoms with Crippen molar-refractivity contribution < 1.29 is 9.90 Å². The Hall–Kier alpha value is -1.35. The van der Waals surface area contributed by atoms with Crippen LogP contribution in [-0.4, -0.2) is 23.7 Å². The van der Waals surface area contributed by atoms with Crippen LogP contribution in [-0.2, 0) is 4.79 Å².